The molecule has 0 amide bonds. The highest BCUT2D eigenvalue weighted by molar-refractivity contribution is 9.10. The molecule has 0 saturated carbocycles. The van der Waals surface area contributed by atoms with Crippen molar-refractivity contribution in [3.05, 3.63) is 71.4 Å². The molecule has 1 saturated heterocycles. The maximum atomic E-state index is 13.1. The number of ketones is 1. The molecular weight excluding hydrogens is 602 g/mol. The number of nitrogens with one attached hydrogen (secondary N) is 1. The Morgan fingerprint density at radius 3 is 2.56 bits per heavy atom. The molecule has 1 atom stereocenters. The summed E-state index contributed by atoms with van der Waals surface area (Å²) < 4.78 is 13.6. The fourth-order valence-corrected chi connectivity index (χ4v) is 6.09. The van der Waals surface area contributed by atoms with Crippen LogP contribution in [0.4, 0.5) is 0 Å². The second-order valence-corrected chi connectivity index (χ2v) is 11.3. The highest BCUT2D eigenvalue weighted by atomic mass is 79.9. The number of aryl methyl sites for hydroxylation is 1. The van der Waals surface area contributed by atoms with E-state index in [9.17, 15) is 4.79 Å². The number of Topliss-reactive ketones (excluding diaryl/α,β-unsaturated/α-hetero) is 1. The van der Waals surface area contributed by atoms with Gasteiger partial charge in [-0.2, -0.15) is 0 Å². The van der Waals surface area contributed by atoms with Gasteiger partial charge in [0.15, 0.2) is 17.3 Å². The third kappa shape index (κ3) is 5.62. The minimum absolute atomic E-state index is 0.126. The van der Waals surface area contributed by atoms with E-state index in [1.807, 2.05) is 50.2 Å². The van der Waals surface area contributed by atoms with Gasteiger partial charge in [0, 0.05) is 4.47 Å². The van der Waals surface area contributed by atoms with Crippen LogP contribution in [0.25, 0.3) is 6.08 Å². The van der Waals surface area contributed by atoms with E-state index in [1.54, 1.807) is 6.08 Å². The van der Waals surface area contributed by atoms with E-state index in [4.69, 9.17) is 14.9 Å². The first-order valence-electron chi connectivity index (χ1n) is 10.6. The molecule has 4 rings (SSSR count). The highest BCUT2D eigenvalue weighted by Gasteiger charge is 2.39. The second-order valence-electron chi connectivity index (χ2n) is 7.34. The van der Waals surface area contributed by atoms with E-state index in [2.05, 4.69) is 42.1 Å². The van der Waals surface area contributed by atoms with E-state index in [-0.39, 0.29) is 10.8 Å². The Morgan fingerprint density at radius 1 is 1.12 bits per heavy atom. The molecule has 1 fully saturated rings. The van der Waals surface area contributed by atoms with Crippen LogP contribution in [-0.4, -0.2) is 27.6 Å². The van der Waals surface area contributed by atoms with Gasteiger partial charge in [0.2, 0.25) is 0 Å². The second kappa shape index (κ2) is 11.2. The zero-order valence-corrected chi connectivity index (χ0v) is 23.2. The quantitative estimate of drug-likeness (QED) is 0.272. The lowest BCUT2D eigenvalue weighted by atomic mass is 10.0. The monoisotopic (exact) mass is 621 g/mol. The molecule has 3 aromatic rings. The van der Waals surface area contributed by atoms with Crippen molar-refractivity contribution < 1.29 is 14.3 Å². The summed E-state index contributed by atoms with van der Waals surface area (Å²) in [6.07, 6.45) is 2.54. The summed E-state index contributed by atoms with van der Waals surface area (Å²) in [4.78, 5) is 13.6. The fourth-order valence-electron chi connectivity index (χ4n) is 3.30. The number of nitrogens with zero attached hydrogens (tertiary/aromatic N) is 2. The zero-order valence-electron chi connectivity index (χ0n) is 18.4. The number of rotatable bonds is 8. The van der Waals surface area contributed by atoms with Crippen LogP contribution < -0.4 is 9.47 Å². The molecule has 0 unspecified atom stereocenters. The largest absolute Gasteiger partial charge is 0.490 e. The van der Waals surface area contributed by atoms with E-state index in [0.717, 1.165) is 31.5 Å². The smallest absolute Gasteiger partial charge is 0.186 e. The van der Waals surface area contributed by atoms with Gasteiger partial charge in [-0.05, 0) is 70.7 Å². The predicted octanol–water partition coefficient (Wildman–Crippen LogP) is 7.02. The number of hydrogen-bond donors (Lipinski definition) is 1. The van der Waals surface area contributed by atoms with Gasteiger partial charge in [0.1, 0.15) is 22.5 Å². The normalized spacial score (nSPS) is 16.9. The Morgan fingerprint density at radius 2 is 1.88 bits per heavy atom. The molecule has 0 bridgehead atoms. The summed E-state index contributed by atoms with van der Waals surface area (Å²) in [7, 11) is 0. The number of allylic oxidation sites excluding steroid dienone is 1. The minimum atomic E-state index is -0.669. The van der Waals surface area contributed by atoms with Crippen LogP contribution in [-0.2, 0) is 17.8 Å². The first kappa shape index (κ1) is 25.1. The maximum Gasteiger partial charge on any atom is 0.186 e. The lowest BCUT2D eigenvalue weighted by molar-refractivity contribution is -0.114. The molecular formula is C24H21Br2N3O3S2. The molecule has 2 aromatic carbocycles. The Kier molecular flexibility index (Phi) is 8.23. The average Bonchev–Trinajstić information content (AvgIpc) is 3.38. The maximum absolute atomic E-state index is 13.1. The topological polar surface area (TPSA) is 85.2 Å². The number of thioether (sulfide) groups is 1. The number of hydrogen-bond acceptors (Lipinski definition) is 8. The van der Waals surface area contributed by atoms with Gasteiger partial charge in [0.25, 0.3) is 0 Å². The summed E-state index contributed by atoms with van der Waals surface area (Å²) in [6, 6.07) is 11.7. The summed E-state index contributed by atoms with van der Waals surface area (Å²) in [6.45, 7) is 4.76. The van der Waals surface area contributed by atoms with Crippen molar-refractivity contribution in [2.24, 2.45) is 0 Å². The number of halogens is 2. The molecule has 10 heteroatoms. The average molecular weight is 623 g/mol. The standard InChI is InChI=1S/C24H21Br2N3O3S2/c1-3-19-28-29-24(34-19)20-21(30)18(33-23(20)27)11-14-9-16(26)22(17(10-14)31-4-2)32-12-13-5-7-15(25)8-6-13/h5-11,20,27H,3-4,12H2,1-2H3/b18-11-,27-23?/t20-/m1/s1. The number of benzene rings is 2. The van der Waals surface area contributed by atoms with Crippen LogP contribution in [0.5, 0.6) is 11.5 Å². The van der Waals surface area contributed by atoms with Crippen LogP contribution in [0, 0.1) is 5.41 Å². The number of carbonyl (C=O) groups excluding carboxylic acids is 1. The number of carbonyl (C=O) groups is 1. The molecule has 1 aliphatic heterocycles. The van der Waals surface area contributed by atoms with Crippen LogP contribution >= 0.6 is 55.0 Å². The van der Waals surface area contributed by atoms with E-state index in [1.165, 1.54) is 23.1 Å². The lowest BCUT2D eigenvalue weighted by Crippen LogP contribution is -2.11. The Balaban J connectivity index is 1.58. The number of ether oxygens (including phenoxy) is 2. The minimum Gasteiger partial charge on any atom is -0.490 e. The molecule has 0 aliphatic carbocycles. The summed E-state index contributed by atoms with van der Waals surface area (Å²) in [5.41, 5.74) is 1.81. The van der Waals surface area contributed by atoms with Crippen molar-refractivity contribution in [3.8, 4) is 11.5 Å². The predicted molar refractivity (Wildman–Crippen MR) is 144 cm³/mol. The van der Waals surface area contributed by atoms with Gasteiger partial charge in [-0.25, -0.2) is 0 Å². The van der Waals surface area contributed by atoms with Gasteiger partial charge in [0.05, 0.1) is 21.0 Å². The van der Waals surface area contributed by atoms with Gasteiger partial charge in [-0.3, -0.25) is 10.2 Å². The lowest BCUT2D eigenvalue weighted by Gasteiger charge is -2.15. The summed E-state index contributed by atoms with van der Waals surface area (Å²) in [5, 5.41) is 18.3. The molecule has 176 valence electrons. The van der Waals surface area contributed by atoms with Gasteiger partial charge in [-0.15, -0.1) is 21.5 Å². The van der Waals surface area contributed by atoms with E-state index in [0.29, 0.717) is 34.6 Å². The molecule has 0 radical (unpaired) electrons. The van der Waals surface area contributed by atoms with Crippen LogP contribution in [0.2, 0.25) is 0 Å². The van der Waals surface area contributed by atoms with Crippen molar-refractivity contribution in [1.29, 1.82) is 5.41 Å². The summed E-state index contributed by atoms with van der Waals surface area (Å²) in [5.74, 6) is 0.388. The molecule has 1 aromatic heterocycles. The van der Waals surface area contributed by atoms with Crippen molar-refractivity contribution in [2.45, 2.75) is 32.8 Å². The van der Waals surface area contributed by atoms with Crippen LogP contribution in [0.1, 0.15) is 40.9 Å². The third-order valence-electron chi connectivity index (χ3n) is 4.94. The molecule has 6 nitrogen and oxygen atoms in total. The van der Waals surface area contributed by atoms with Gasteiger partial charge in [-0.1, -0.05) is 46.7 Å². The van der Waals surface area contributed by atoms with Crippen LogP contribution in [0.15, 0.2) is 50.2 Å². The number of aromatic nitrogens is 2. The van der Waals surface area contributed by atoms with E-state index >= 15 is 0 Å². The third-order valence-corrected chi connectivity index (χ3v) is 8.19. The zero-order chi connectivity index (χ0) is 24.2. The van der Waals surface area contributed by atoms with Crippen molar-refractivity contribution in [3.63, 3.8) is 0 Å². The van der Waals surface area contributed by atoms with E-state index < -0.39 is 5.92 Å². The molecule has 1 N–H and O–H groups in total. The van der Waals surface area contributed by atoms with Crippen molar-refractivity contribution in [1.82, 2.24) is 10.2 Å². The molecule has 0 spiro atoms. The fraction of sp³-hybridized carbons (Fsp3) is 0.250. The van der Waals surface area contributed by atoms with Gasteiger partial charge < -0.3 is 9.47 Å². The molecule has 2 heterocycles. The van der Waals surface area contributed by atoms with Crippen LogP contribution in [0.3, 0.4) is 0 Å². The Labute approximate surface area is 222 Å². The van der Waals surface area contributed by atoms with Gasteiger partial charge >= 0.3 is 0 Å². The Bertz CT molecular complexity index is 1260. The molecule has 1 aliphatic rings. The first-order valence-corrected chi connectivity index (χ1v) is 13.8. The van der Waals surface area contributed by atoms with Crippen molar-refractivity contribution in [2.75, 3.05) is 6.61 Å². The highest BCUT2D eigenvalue weighted by Crippen LogP contribution is 2.43. The molecule has 34 heavy (non-hydrogen) atoms. The summed E-state index contributed by atoms with van der Waals surface area (Å²) >= 11 is 9.60. The SMILES string of the molecule is CCOc1cc(/C=C2\SC(=N)[C@H](c3nnc(CC)s3)C2=O)cc(Br)c1OCc1ccc(Br)cc1. The first-order chi connectivity index (χ1) is 16.4. The Hall–Kier alpha value is -2.01. The van der Waals surface area contributed by atoms with Crippen molar-refractivity contribution >= 4 is 71.9 Å².